The molecule has 1 amide bonds. The van der Waals surface area contributed by atoms with E-state index in [-0.39, 0.29) is 6.09 Å². The fourth-order valence-electron chi connectivity index (χ4n) is 2.34. The number of amides is 1. The standard InChI is InChI=1S/C14H17N3O2/c18-14(19-9-11-4-2-1-3-5-11)17-7-6-12-13(8-17)16-10-15-12/h1-5,15-16H,6-10H2. The molecule has 0 aliphatic carbocycles. The minimum atomic E-state index is -0.246. The Morgan fingerprint density at radius 3 is 2.84 bits per heavy atom. The highest BCUT2D eigenvalue weighted by molar-refractivity contribution is 5.68. The van der Waals surface area contributed by atoms with Gasteiger partial charge in [0.1, 0.15) is 6.61 Å². The molecule has 0 fully saturated rings. The van der Waals surface area contributed by atoms with E-state index < -0.39 is 0 Å². The number of nitrogens with one attached hydrogen (secondary N) is 2. The fraction of sp³-hybridized carbons (Fsp3) is 0.357. The van der Waals surface area contributed by atoms with E-state index in [1.165, 1.54) is 5.70 Å². The number of carbonyl (C=O) groups is 1. The summed E-state index contributed by atoms with van der Waals surface area (Å²) in [7, 11) is 0. The molecule has 5 heteroatoms. The fourth-order valence-corrected chi connectivity index (χ4v) is 2.34. The minimum Gasteiger partial charge on any atom is -0.445 e. The summed E-state index contributed by atoms with van der Waals surface area (Å²) in [4.78, 5) is 13.7. The molecule has 2 aliphatic heterocycles. The van der Waals surface area contributed by atoms with Gasteiger partial charge in [-0.2, -0.15) is 0 Å². The van der Waals surface area contributed by atoms with Crippen molar-refractivity contribution in [3.05, 3.63) is 47.3 Å². The van der Waals surface area contributed by atoms with Crippen LogP contribution in [0.4, 0.5) is 4.79 Å². The number of rotatable bonds is 2. The summed E-state index contributed by atoms with van der Waals surface area (Å²) in [6.45, 7) is 2.41. The molecular weight excluding hydrogens is 242 g/mol. The van der Waals surface area contributed by atoms with Crippen LogP contribution < -0.4 is 10.6 Å². The van der Waals surface area contributed by atoms with Crippen molar-refractivity contribution in [2.24, 2.45) is 0 Å². The van der Waals surface area contributed by atoms with Gasteiger partial charge in [-0.1, -0.05) is 30.3 Å². The van der Waals surface area contributed by atoms with Crippen LogP contribution in [0.3, 0.4) is 0 Å². The predicted molar refractivity (Wildman–Crippen MR) is 71.0 cm³/mol. The molecule has 19 heavy (non-hydrogen) atoms. The van der Waals surface area contributed by atoms with E-state index >= 15 is 0 Å². The van der Waals surface area contributed by atoms with E-state index in [1.807, 2.05) is 30.3 Å². The first-order chi connectivity index (χ1) is 9.33. The first-order valence-electron chi connectivity index (χ1n) is 6.48. The summed E-state index contributed by atoms with van der Waals surface area (Å²) in [5.74, 6) is 0. The highest BCUT2D eigenvalue weighted by atomic mass is 16.6. The second-order valence-corrected chi connectivity index (χ2v) is 4.70. The second kappa shape index (κ2) is 5.22. The van der Waals surface area contributed by atoms with Crippen LogP contribution in [0.1, 0.15) is 12.0 Å². The Bertz CT molecular complexity index is 499. The van der Waals surface area contributed by atoms with Gasteiger partial charge in [-0.3, -0.25) is 0 Å². The van der Waals surface area contributed by atoms with Crippen LogP contribution >= 0.6 is 0 Å². The van der Waals surface area contributed by atoms with Crippen LogP contribution in [-0.2, 0) is 11.3 Å². The summed E-state index contributed by atoms with van der Waals surface area (Å²) >= 11 is 0. The lowest BCUT2D eigenvalue weighted by Crippen LogP contribution is -2.38. The Hall–Kier alpha value is -2.17. The lowest BCUT2D eigenvalue weighted by atomic mass is 10.2. The van der Waals surface area contributed by atoms with Crippen molar-refractivity contribution in [2.45, 2.75) is 13.0 Å². The lowest BCUT2D eigenvalue weighted by molar-refractivity contribution is 0.0975. The number of benzene rings is 1. The summed E-state index contributed by atoms with van der Waals surface area (Å²) in [6.07, 6.45) is 0.618. The van der Waals surface area contributed by atoms with Gasteiger partial charge >= 0.3 is 6.09 Å². The maximum absolute atomic E-state index is 12.0. The Kier molecular flexibility index (Phi) is 3.27. The van der Waals surface area contributed by atoms with Gasteiger partial charge < -0.3 is 20.3 Å². The molecule has 0 saturated carbocycles. The number of hydrogen-bond donors (Lipinski definition) is 2. The van der Waals surface area contributed by atoms with E-state index in [9.17, 15) is 4.79 Å². The summed E-state index contributed by atoms with van der Waals surface area (Å²) < 4.78 is 5.33. The van der Waals surface area contributed by atoms with Crippen LogP contribution in [0.15, 0.2) is 41.7 Å². The molecule has 2 N–H and O–H groups in total. The summed E-state index contributed by atoms with van der Waals surface area (Å²) in [5.41, 5.74) is 3.35. The Labute approximate surface area is 112 Å². The van der Waals surface area contributed by atoms with Gasteiger partial charge in [-0.25, -0.2) is 4.79 Å². The largest absolute Gasteiger partial charge is 0.445 e. The molecule has 0 saturated heterocycles. The van der Waals surface area contributed by atoms with Crippen molar-refractivity contribution in [2.75, 3.05) is 19.8 Å². The molecule has 0 aromatic heterocycles. The maximum atomic E-state index is 12.0. The molecule has 100 valence electrons. The molecule has 1 aromatic carbocycles. The molecule has 0 atom stereocenters. The number of ether oxygens (including phenoxy) is 1. The Morgan fingerprint density at radius 2 is 2.00 bits per heavy atom. The third-order valence-electron chi connectivity index (χ3n) is 3.41. The van der Waals surface area contributed by atoms with Gasteiger partial charge in [0.25, 0.3) is 0 Å². The highest BCUT2D eigenvalue weighted by Crippen LogP contribution is 2.17. The van der Waals surface area contributed by atoms with Crippen molar-refractivity contribution in [1.82, 2.24) is 15.5 Å². The SMILES string of the molecule is O=C(OCc1ccccc1)N1CCC2=C(C1)NCN2. The van der Waals surface area contributed by atoms with Crippen molar-refractivity contribution in [1.29, 1.82) is 0 Å². The Balaban J connectivity index is 1.54. The average Bonchev–Trinajstić information content (AvgIpc) is 2.93. The van der Waals surface area contributed by atoms with Crippen LogP contribution in [0, 0.1) is 0 Å². The third-order valence-corrected chi connectivity index (χ3v) is 3.41. The molecule has 0 bridgehead atoms. The zero-order chi connectivity index (χ0) is 13.1. The van der Waals surface area contributed by atoms with Crippen molar-refractivity contribution in [3.63, 3.8) is 0 Å². The highest BCUT2D eigenvalue weighted by Gasteiger charge is 2.26. The minimum absolute atomic E-state index is 0.246. The molecule has 1 aromatic rings. The molecular formula is C14H17N3O2. The van der Waals surface area contributed by atoms with E-state index in [2.05, 4.69) is 10.6 Å². The monoisotopic (exact) mass is 259 g/mol. The van der Waals surface area contributed by atoms with E-state index in [0.29, 0.717) is 19.7 Å². The molecule has 2 aliphatic rings. The van der Waals surface area contributed by atoms with Crippen LogP contribution in [0.2, 0.25) is 0 Å². The van der Waals surface area contributed by atoms with Crippen molar-refractivity contribution < 1.29 is 9.53 Å². The zero-order valence-electron chi connectivity index (χ0n) is 10.7. The first-order valence-corrected chi connectivity index (χ1v) is 6.48. The Morgan fingerprint density at radius 1 is 1.21 bits per heavy atom. The topological polar surface area (TPSA) is 53.6 Å². The molecule has 5 nitrogen and oxygen atoms in total. The van der Waals surface area contributed by atoms with Crippen molar-refractivity contribution in [3.8, 4) is 0 Å². The average molecular weight is 259 g/mol. The first kappa shape index (κ1) is 11.9. The van der Waals surface area contributed by atoms with Crippen molar-refractivity contribution >= 4 is 6.09 Å². The predicted octanol–water partition coefficient (Wildman–Crippen LogP) is 1.39. The van der Waals surface area contributed by atoms with Crippen LogP contribution in [0.5, 0.6) is 0 Å². The van der Waals surface area contributed by atoms with Crippen LogP contribution in [0.25, 0.3) is 0 Å². The summed E-state index contributed by atoms with van der Waals surface area (Å²) in [6, 6.07) is 9.73. The van der Waals surface area contributed by atoms with Gasteiger partial charge in [0.2, 0.25) is 0 Å². The third kappa shape index (κ3) is 2.65. The molecule has 0 unspecified atom stereocenters. The molecule has 0 radical (unpaired) electrons. The number of nitrogens with zero attached hydrogens (tertiary/aromatic N) is 1. The molecule has 2 heterocycles. The van der Waals surface area contributed by atoms with E-state index in [1.54, 1.807) is 4.90 Å². The number of carbonyl (C=O) groups excluding carboxylic acids is 1. The van der Waals surface area contributed by atoms with Gasteiger partial charge in [-0.15, -0.1) is 0 Å². The summed E-state index contributed by atoms with van der Waals surface area (Å²) in [5, 5.41) is 6.50. The number of hydrogen-bond acceptors (Lipinski definition) is 4. The van der Waals surface area contributed by atoms with E-state index in [0.717, 1.165) is 24.4 Å². The second-order valence-electron chi connectivity index (χ2n) is 4.70. The maximum Gasteiger partial charge on any atom is 0.410 e. The van der Waals surface area contributed by atoms with Crippen LogP contribution in [-0.4, -0.2) is 30.8 Å². The normalized spacial score (nSPS) is 17.6. The smallest absolute Gasteiger partial charge is 0.410 e. The van der Waals surface area contributed by atoms with Gasteiger partial charge in [0, 0.05) is 18.7 Å². The lowest BCUT2D eigenvalue weighted by Gasteiger charge is -2.26. The van der Waals surface area contributed by atoms with Gasteiger partial charge in [-0.05, 0) is 5.56 Å². The van der Waals surface area contributed by atoms with E-state index in [4.69, 9.17) is 4.74 Å². The molecule has 3 rings (SSSR count). The zero-order valence-corrected chi connectivity index (χ0v) is 10.7. The quantitative estimate of drug-likeness (QED) is 0.842. The molecule has 0 spiro atoms. The van der Waals surface area contributed by atoms with Gasteiger partial charge in [0.15, 0.2) is 0 Å². The van der Waals surface area contributed by atoms with Gasteiger partial charge in [0.05, 0.1) is 18.9 Å².